The number of hydrogen-bond donors (Lipinski definition) is 0. The second-order valence-corrected chi connectivity index (χ2v) is 1.74. The van der Waals surface area contributed by atoms with E-state index in [4.69, 9.17) is 10.3 Å². The fourth-order valence-corrected chi connectivity index (χ4v) is 0.587. The Labute approximate surface area is 62.2 Å². The summed E-state index contributed by atoms with van der Waals surface area (Å²) in [7, 11) is 1.55. The molecule has 1 aromatic heterocycles. The normalized spacial score (nSPS) is 9.18. The van der Waals surface area contributed by atoms with Crippen LogP contribution < -0.4 is 0 Å². The van der Waals surface area contributed by atoms with E-state index in [1.807, 2.05) is 0 Å². The average Bonchev–Trinajstić information content (AvgIpc) is 2.38. The molecule has 7 nitrogen and oxygen atoms in total. The first-order valence-corrected chi connectivity index (χ1v) is 2.82. The maximum absolute atomic E-state index is 8.00. The zero-order valence-corrected chi connectivity index (χ0v) is 5.88. The summed E-state index contributed by atoms with van der Waals surface area (Å²) in [4.78, 5) is 3.56. The Balaban J connectivity index is 2.73. The molecule has 0 radical (unpaired) electrons. The van der Waals surface area contributed by atoms with Crippen LogP contribution in [0.4, 0.5) is 0 Å². The van der Waals surface area contributed by atoms with Gasteiger partial charge in [0, 0.05) is 17.5 Å². The first kappa shape index (κ1) is 7.52. The van der Waals surface area contributed by atoms with Crippen molar-refractivity contribution in [3.8, 4) is 0 Å². The molecule has 0 aromatic carbocycles. The van der Waals surface area contributed by atoms with Crippen molar-refractivity contribution < 1.29 is 4.74 Å². The van der Waals surface area contributed by atoms with Crippen molar-refractivity contribution in [2.24, 2.45) is 5.22 Å². The molecule has 0 aliphatic heterocycles. The van der Waals surface area contributed by atoms with Crippen molar-refractivity contribution >= 4 is 0 Å². The highest BCUT2D eigenvalue weighted by Gasteiger charge is 2.00. The van der Waals surface area contributed by atoms with Gasteiger partial charge in [0.25, 0.3) is 0 Å². The molecule has 0 spiro atoms. The lowest BCUT2D eigenvalue weighted by molar-refractivity contribution is 0.181. The molecule has 0 aliphatic rings. The van der Waals surface area contributed by atoms with Gasteiger partial charge in [-0.25, -0.2) is 0 Å². The second-order valence-electron chi connectivity index (χ2n) is 1.74. The molecule has 11 heavy (non-hydrogen) atoms. The van der Waals surface area contributed by atoms with E-state index in [2.05, 4.69) is 20.4 Å². The van der Waals surface area contributed by atoms with E-state index in [-0.39, 0.29) is 0 Å². The lowest BCUT2D eigenvalue weighted by Crippen LogP contribution is -1.85. The van der Waals surface area contributed by atoms with E-state index in [0.29, 0.717) is 12.3 Å². The lowest BCUT2D eigenvalue weighted by atomic mass is 10.5. The Bertz CT molecular complexity index is 274. The molecule has 0 unspecified atom stereocenters. The maximum atomic E-state index is 8.00. The van der Waals surface area contributed by atoms with Crippen LogP contribution in [0.1, 0.15) is 5.69 Å². The summed E-state index contributed by atoms with van der Waals surface area (Å²) in [5, 5.41) is 10.3. The molecular weight excluding hydrogens is 148 g/mol. The van der Waals surface area contributed by atoms with Gasteiger partial charge in [-0.15, -0.1) is 10.6 Å². The maximum Gasteiger partial charge on any atom is 0.152 e. The SMILES string of the molecule is COCc1cn(N=[N+]=[N-])nn1. The second kappa shape index (κ2) is 3.55. The van der Waals surface area contributed by atoms with Gasteiger partial charge in [0.15, 0.2) is 6.20 Å². The third kappa shape index (κ3) is 1.92. The Hall–Kier alpha value is -1.59. The van der Waals surface area contributed by atoms with Gasteiger partial charge >= 0.3 is 0 Å². The van der Waals surface area contributed by atoms with Crippen LogP contribution in [0.15, 0.2) is 11.4 Å². The van der Waals surface area contributed by atoms with Gasteiger partial charge in [-0.05, 0) is 0 Å². The summed E-state index contributed by atoms with van der Waals surface area (Å²) >= 11 is 0. The molecule has 0 atom stereocenters. The van der Waals surface area contributed by atoms with Crippen LogP contribution in [0.3, 0.4) is 0 Å². The number of methoxy groups -OCH3 is 1. The molecule has 1 heterocycles. The van der Waals surface area contributed by atoms with Crippen molar-refractivity contribution in [1.82, 2.24) is 15.1 Å². The molecule has 58 valence electrons. The van der Waals surface area contributed by atoms with Crippen LogP contribution in [-0.2, 0) is 11.3 Å². The van der Waals surface area contributed by atoms with Crippen molar-refractivity contribution in [3.05, 3.63) is 22.3 Å². The molecule has 0 saturated carbocycles. The average molecular weight is 154 g/mol. The number of rotatable bonds is 3. The van der Waals surface area contributed by atoms with Crippen molar-refractivity contribution in [3.63, 3.8) is 0 Å². The number of ether oxygens (including phenoxy) is 1. The number of hydrogen-bond acceptors (Lipinski definition) is 4. The van der Waals surface area contributed by atoms with Crippen molar-refractivity contribution in [2.45, 2.75) is 6.61 Å². The highest BCUT2D eigenvalue weighted by molar-refractivity contribution is 4.88. The van der Waals surface area contributed by atoms with Crippen LogP contribution in [0.25, 0.3) is 10.4 Å². The van der Waals surface area contributed by atoms with Crippen LogP contribution in [0, 0.1) is 0 Å². The van der Waals surface area contributed by atoms with Crippen molar-refractivity contribution in [1.29, 1.82) is 0 Å². The summed E-state index contributed by atoms with van der Waals surface area (Å²) in [6, 6.07) is 0. The first-order chi connectivity index (χ1) is 5.36. The number of azide groups is 1. The van der Waals surface area contributed by atoms with Gasteiger partial charge in [0.05, 0.1) is 6.61 Å². The minimum Gasteiger partial charge on any atom is -0.378 e. The molecular formula is C4H6N6O. The van der Waals surface area contributed by atoms with Gasteiger partial charge in [-0.1, -0.05) is 4.79 Å². The molecule has 1 aromatic rings. The van der Waals surface area contributed by atoms with Gasteiger partial charge in [-0.2, -0.15) is 4.91 Å². The molecule has 0 N–H and O–H groups in total. The van der Waals surface area contributed by atoms with Crippen LogP contribution in [-0.4, -0.2) is 22.2 Å². The Morgan fingerprint density at radius 1 is 1.91 bits per heavy atom. The van der Waals surface area contributed by atoms with Gasteiger partial charge in [0.2, 0.25) is 0 Å². The summed E-state index contributed by atoms with van der Waals surface area (Å²) in [5.74, 6) is 0. The van der Waals surface area contributed by atoms with Crippen LogP contribution in [0.5, 0.6) is 0 Å². The fourth-order valence-electron chi connectivity index (χ4n) is 0.587. The molecule has 0 aliphatic carbocycles. The van der Waals surface area contributed by atoms with E-state index < -0.39 is 0 Å². The first-order valence-electron chi connectivity index (χ1n) is 2.82. The molecule has 7 heteroatoms. The number of nitrogens with zero attached hydrogens (tertiary/aromatic N) is 6. The third-order valence-corrected chi connectivity index (χ3v) is 0.953. The van der Waals surface area contributed by atoms with Gasteiger partial charge < -0.3 is 4.74 Å². The molecule has 1 rings (SSSR count). The molecule has 0 fully saturated rings. The lowest BCUT2D eigenvalue weighted by Gasteiger charge is -1.85. The Morgan fingerprint density at radius 3 is 3.36 bits per heavy atom. The van der Waals surface area contributed by atoms with Gasteiger partial charge in [0.1, 0.15) is 5.69 Å². The predicted octanol–water partition coefficient (Wildman–Crippen LogP) is 0.498. The largest absolute Gasteiger partial charge is 0.378 e. The Morgan fingerprint density at radius 2 is 2.73 bits per heavy atom. The summed E-state index contributed by atoms with van der Waals surface area (Å²) in [6.45, 7) is 0.362. The van der Waals surface area contributed by atoms with E-state index in [0.717, 1.165) is 4.79 Å². The van der Waals surface area contributed by atoms with Crippen molar-refractivity contribution in [2.75, 3.05) is 7.11 Å². The molecule has 0 bridgehead atoms. The van der Waals surface area contributed by atoms with E-state index >= 15 is 0 Å². The topological polar surface area (TPSA) is 88.7 Å². The quantitative estimate of drug-likeness (QED) is 0.360. The fraction of sp³-hybridized carbons (Fsp3) is 0.500. The van der Waals surface area contributed by atoms with E-state index in [1.54, 1.807) is 7.11 Å². The smallest absolute Gasteiger partial charge is 0.152 e. The third-order valence-electron chi connectivity index (χ3n) is 0.953. The monoisotopic (exact) mass is 154 g/mol. The summed E-state index contributed by atoms with van der Waals surface area (Å²) in [6.07, 6.45) is 1.49. The predicted molar refractivity (Wildman–Crippen MR) is 35.3 cm³/mol. The summed E-state index contributed by atoms with van der Waals surface area (Å²) < 4.78 is 4.77. The number of aromatic nitrogens is 3. The standard InChI is InChI=1S/C4H6N6O/c1-11-3-4-2-10(8-6-4)9-7-5/h2H,3H2,1H3. The van der Waals surface area contributed by atoms with Crippen LogP contribution in [0.2, 0.25) is 0 Å². The van der Waals surface area contributed by atoms with Gasteiger partial charge in [-0.3, -0.25) is 0 Å². The molecule has 0 saturated heterocycles. The highest BCUT2D eigenvalue weighted by atomic mass is 16.5. The Kier molecular flexibility index (Phi) is 2.42. The molecule has 0 amide bonds. The zero-order chi connectivity index (χ0) is 8.10. The van der Waals surface area contributed by atoms with E-state index in [9.17, 15) is 0 Å². The minimum atomic E-state index is 0.362. The zero-order valence-electron chi connectivity index (χ0n) is 5.88. The highest BCUT2D eigenvalue weighted by Crippen LogP contribution is 1.93. The van der Waals surface area contributed by atoms with Crippen LogP contribution >= 0.6 is 0 Å². The minimum absolute atomic E-state index is 0.362. The summed E-state index contributed by atoms with van der Waals surface area (Å²) in [5.41, 5.74) is 8.62. The van der Waals surface area contributed by atoms with E-state index in [1.165, 1.54) is 6.20 Å².